The lowest BCUT2D eigenvalue weighted by Crippen LogP contribution is -2.32. The maximum Gasteiger partial charge on any atom is 0.0760 e. The molecule has 1 unspecified atom stereocenters. The summed E-state index contributed by atoms with van der Waals surface area (Å²) in [6.45, 7) is 8.11. The molecular weight excluding hydrogens is 214 g/mol. The van der Waals surface area contributed by atoms with Crippen LogP contribution < -0.4 is 5.32 Å². The fraction of sp³-hybridized carbons (Fsp3) is 0.571. The maximum atomic E-state index is 9.95. The summed E-state index contributed by atoms with van der Waals surface area (Å²) < 4.78 is 5.37. The number of fused-ring (bicyclic) bond motifs is 1. The molecule has 2 N–H and O–H groups in total. The second-order valence-corrected chi connectivity index (χ2v) is 5.74. The van der Waals surface area contributed by atoms with E-state index >= 15 is 0 Å². The molecule has 0 spiro atoms. The van der Waals surface area contributed by atoms with Crippen LogP contribution >= 0.6 is 0 Å². The number of anilines is 1. The molecule has 2 rings (SSSR count). The second-order valence-electron chi connectivity index (χ2n) is 5.74. The van der Waals surface area contributed by atoms with Crippen molar-refractivity contribution < 1.29 is 9.84 Å². The van der Waals surface area contributed by atoms with Gasteiger partial charge < -0.3 is 15.2 Å². The lowest BCUT2D eigenvalue weighted by atomic mass is 9.89. The van der Waals surface area contributed by atoms with Gasteiger partial charge in [0.05, 0.1) is 19.3 Å². The minimum Gasteiger partial charge on any atom is -0.391 e. The van der Waals surface area contributed by atoms with Crippen molar-refractivity contribution in [2.75, 3.05) is 11.9 Å². The Balaban J connectivity index is 1.96. The average molecular weight is 235 g/mol. The van der Waals surface area contributed by atoms with Crippen molar-refractivity contribution in [1.29, 1.82) is 0 Å². The van der Waals surface area contributed by atoms with Gasteiger partial charge in [-0.15, -0.1) is 0 Å². The summed E-state index contributed by atoms with van der Waals surface area (Å²) in [4.78, 5) is 0. The zero-order chi connectivity index (χ0) is 12.5. The first-order valence-corrected chi connectivity index (χ1v) is 6.08. The zero-order valence-electron chi connectivity index (χ0n) is 10.8. The first kappa shape index (κ1) is 12.4. The third-order valence-corrected chi connectivity index (χ3v) is 3.22. The highest BCUT2D eigenvalue weighted by atomic mass is 16.5. The van der Waals surface area contributed by atoms with Crippen LogP contribution in [-0.4, -0.2) is 17.8 Å². The third-order valence-electron chi connectivity index (χ3n) is 3.22. The molecule has 1 aliphatic rings. The van der Waals surface area contributed by atoms with Gasteiger partial charge >= 0.3 is 0 Å². The molecule has 1 heterocycles. The molecular formula is C14H21NO2. The Labute approximate surface area is 103 Å². The highest BCUT2D eigenvalue weighted by Gasteiger charge is 2.21. The predicted octanol–water partition coefficient (Wildman–Crippen LogP) is 2.54. The Morgan fingerprint density at radius 2 is 2.00 bits per heavy atom. The number of aliphatic hydroxyl groups is 1. The molecule has 0 amide bonds. The average Bonchev–Trinajstić information content (AvgIpc) is 2.71. The Kier molecular flexibility index (Phi) is 3.40. The van der Waals surface area contributed by atoms with Crippen molar-refractivity contribution in [2.24, 2.45) is 5.41 Å². The minimum atomic E-state index is -0.355. The van der Waals surface area contributed by atoms with Crippen LogP contribution in [0.5, 0.6) is 0 Å². The largest absolute Gasteiger partial charge is 0.391 e. The summed E-state index contributed by atoms with van der Waals surface area (Å²) in [5, 5.41) is 13.2. The summed E-state index contributed by atoms with van der Waals surface area (Å²) in [5.41, 5.74) is 3.48. The minimum absolute atomic E-state index is 0.0904. The van der Waals surface area contributed by atoms with Gasteiger partial charge in [0.25, 0.3) is 0 Å². The molecule has 0 radical (unpaired) electrons. The van der Waals surface area contributed by atoms with Gasteiger partial charge in [0, 0.05) is 12.2 Å². The van der Waals surface area contributed by atoms with Crippen LogP contribution in [-0.2, 0) is 18.0 Å². The fourth-order valence-electron chi connectivity index (χ4n) is 1.80. The van der Waals surface area contributed by atoms with Gasteiger partial charge in [-0.25, -0.2) is 0 Å². The molecule has 0 bridgehead atoms. The van der Waals surface area contributed by atoms with Crippen molar-refractivity contribution in [1.82, 2.24) is 0 Å². The molecule has 1 aliphatic heterocycles. The zero-order valence-corrected chi connectivity index (χ0v) is 10.8. The molecule has 0 saturated heterocycles. The first-order valence-electron chi connectivity index (χ1n) is 6.08. The number of ether oxygens (including phenoxy) is 1. The van der Waals surface area contributed by atoms with Crippen LogP contribution in [0.3, 0.4) is 0 Å². The van der Waals surface area contributed by atoms with Gasteiger partial charge in [0.2, 0.25) is 0 Å². The van der Waals surface area contributed by atoms with Crippen molar-refractivity contribution in [3.05, 3.63) is 29.3 Å². The van der Waals surface area contributed by atoms with Crippen molar-refractivity contribution >= 4 is 5.69 Å². The number of benzene rings is 1. The van der Waals surface area contributed by atoms with Crippen LogP contribution in [0.4, 0.5) is 5.69 Å². The smallest absolute Gasteiger partial charge is 0.0760 e. The van der Waals surface area contributed by atoms with E-state index in [9.17, 15) is 5.11 Å². The quantitative estimate of drug-likeness (QED) is 0.846. The molecule has 17 heavy (non-hydrogen) atoms. The number of aliphatic hydroxyl groups excluding tert-OH is 1. The van der Waals surface area contributed by atoms with Crippen molar-refractivity contribution in [3.8, 4) is 0 Å². The van der Waals surface area contributed by atoms with E-state index < -0.39 is 0 Å². The standard InChI is InChI=1S/C14H21NO2/c1-14(2,3)13(16)7-15-12-5-4-10-8-17-9-11(10)6-12/h4-6,13,15-16H,7-9H2,1-3H3. The van der Waals surface area contributed by atoms with Gasteiger partial charge in [-0.2, -0.15) is 0 Å². The molecule has 1 atom stereocenters. The number of hydrogen-bond acceptors (Lipinski definition) is 3. The molecule has 0 aliphatic carbocycles. The SMILES string of the molecule is CC(C)(C)C(O)CNc1ccc2c(c1)COC2. The second kappa shape index (κ2) is 4.67. The van der Waals surface area contributed by atoms with E-state index in [0.717, 1.165) is 12.3 Å². The Morgan fingerprint density at radius 3 is 2.71 bits per heavy atom. The van der Waals surface area contributed by atoms with Gasteiger partial charge in [-0.1, -0.05) is 26.8 Å². The molecule has 94 valence electrons. The molecule has 3 nitrogen and oxygen atoms in total. The molecule has 0 aromatic heterocycles. The van der Waals surface area contributed by atoms with Gasteiger partial charge in [-0.3, -0.25) is 0 Å². The number of hydrogen-bond donors (Lipinski definition) is 2. The van der Waals surface area contributed by atoms with E-state index in [1.807, 2.05) is 26.8 Å². The summed E-state index contributed by atoms with van der Waals surface area (Å²) in [5.74, 6) is 0. The number of nitrogens with one attached hydrogen (secondary N) is 1. The predicted molar refractivity (Wildman–Crippen MR) is 68.9 cm³/mol. The third kappa shape index (κ3) is 2.99. The van der Waals surface area contributed by atoms with Crippen LogP contribution in [0, 0.1) is 5.41 Å². The van der Waals surface area contributed by atoms with E-state index in [1.165, 1.54) is 11.1 Å². The highest BCUT2D eigenvalue weighted by molar-refractivity contribution is 5.49. The lowest BCUT2D eigenvalue weighted by Gasteiger charge is -2.26. The van der Waals surface area contributed by atoms with Crippen LogP contribution in [0.2, 0.25) is 0 Å². The van der Waals surface area contributed by atoms with E-state index in [0.29, 0.717) is 13.2 Å². The van der Waals surface area contributed by atoms with E-state index in [-0.39, 0.29) is 11.5 Å². The van der Waals surface area contributed by atoms with E-state index in [4.69, 9.17) is 4.74 Å². The normalized spacial score (nSPS) is 16.7. The molecule has 3 heteroatoms. The summed E-state index contributed by atoms with van der Waals surface area (Å²) in [7, 11) is 0. The highest BCUT2D eigenvalue weighted by Crippen LogP contribution is 2.24. The van der Waals surface area contributed by atoms with Crippen molar-refractivity contribution in [2.45, 2.75) is 40.1 Å². The van der Waals surface area contributed by atoms with Crippen LogP contribution in [0.25, 0.3) is 0 Å². The molecule has 0 fully saturated rings. The monoisotopic (exact) mass is 235 g/mol. The maximum absolute atomic E-state index is 9.95. The Morgan fingerprint density at radius 1 is 1.29 bits per heavy atom. The van der Waals surface area contributed by atoms with Gasteiger partial charge in [0.1, 0.15) is 0 Å². The summed E-state index contributed by atoms with van der Waals surface area (Å²) >= 11 is 0. The van der Waals surface area contributed by atoms with Gasteiger partial charge in [-0.05, 0) is 28.7 Å². The van der Waals surface area contributed by atoms with Crippen LogP contribution in [0.15, 0.2) is 18.2 Å². The molecule has 0 saturated carbocycles. The fourth-order valence-corrected chi connectivity index (χ4v) is 1.80. The van der Waals surface area contributed by atoms with Crippen LogP contribution in [0.1, 0.15) is 31.9 Å². The topological polar surface area (TPSA) is 41.5 Å². The Hall–Kier alpha value is -1.06. The summed E-state index contributed by atoms with van der Waals surface area (Å²) in [6.07, 6.45) is -0.355. The molecule has 1 aromatic rings. The summed E-state index contributed by atoms with van der Waals surface area (Å²) in [6, 6.07) is 6.24. The van der Waals surface area contributed by atoms with E-state index in [2.05, 4.69) is 17.4 Å². The first-order chi connectivity index (χ1) is 7.97. The molecule has 1 aromatic carbocycles. The van der Waals surface area contributed by atoms with E-state index in [1.54, 1.807) is 0 Å². The van der Waals surface area contributed by atoms with Crippen molar-refractivity contribution in [3.63, 3.8) is 0 Å². The van der Waals surface area contributed by atoms with Gasteiger partial charge in [0.15, 0.2) is 0 Å². The number of rotatable bonds is 3. The Bertz CT molecular complexity index is 396. The lowest BCUT2D eigenvalue weighted by molar-refractivity contribution is 0.0746.